The van der Waals surface area contributed by atoms with Crippen LogP contribution in [0.3, 0.4) is 0 Å². The van der Waals surface area contributed by atoms with Crippen molar-refractivity contribution in [3.05, 3.63) is 20.9 Å². The van der Waals surface area contributed by atoms with Crippen LogP contribution in [0.15, 0.2) is 4.47 Å². The number of hydrogen-bond donors (Lipinski definition) is 3. The number of aryl methyl sites for hydroxylation is 1. The molecule has 2 atom stereocenters. The van der Waals surface area contributed by atoms with Gasteiger partial charge in [-0.15, -0.1) is 12.4 Å². The van der Waals surface area contributed by atoms with Crippen molar-refractivity contribution in [1.82, 2.24) is 15.6 Å². The fraction of sp³-hybridized carbons (Fsp3) is 0.615. The second-order valence-corrected chi connectivity index (χ2v) is 5.99. The average molecular weight is 401 g/mol. The molecule has 0 radical (unpaired) electrons. The SMILES string of the molecule is CCO[C@H]1CNCC[C@H]1NC(=O)c1[nH]c(C)c(Br)c1Cl.Cl. The Balaban J connectivity index is 0.00000220. The zero-order valence-electron chi connectivity index (χ0n) is 12.0. The van der Waals surface area contributed by atoms with Gasteiger partial charge in [-0.2, -0.15) is 0 Å². The third-order valence-electron chi connectivity index (χ3n) is 3.40. The number of hydrogen-bond acceptors (Lipinski definition) is 3. The summed E-state index contributed by atoms with van der Waals surface area (Å²) in [6.45, 7) is 6.07. The number of piperidine rings is 1. The molecule has 8 heteroatoms. The molecule has 0 aliphatic carbocycles. The number of aromatic nitrogens is 1. The lowest BCUT2D eigenvalue weighted by Crippen LogP contribution is -2.53. The van der Waals surface area contributed by atoms with Crippen LogP contribution < -0.4 is 10.6 Å². The van der Waals surface area contributed by atoms with E-state index in [0.29, 0.717) is 17.3 Å². The molecule has 0 saturated carbocycles. The van der Waals surface area contributed by atoms with Crippen molar-refractivity contribution in [3.8, 4) is 0 Å². The number of amides is 1. The van der Waals surface area contributed by atoms with Crippen LogP contribution in [0.5, 0.6) is 0 Å². The Hall–Kier alpha value is -0.270. The first-order valence-corrected chi connectivity index (χ1v) is 7.88. The van der Waals surface area contributed by atoms with Crippen molar-refractivity contribution >= 4 is 45.8 Å². The molecule has 5 nitrogen and oxygen atoms in total. The Labute approximate surface area is 144 Å². The van der Waals surface area contributed by atoms with E-state index < -0.39 is 0 Å². The number of nitrogens with one attached hydrogen (secondary N) is 3. The predicted molar refractivity (Wildman–Crippen MR) is 89.6 cm³/mol. The quantitative estimate of drug-likeness (QED) is 0.727. The van der Waals surface area contributed by atoms with Gasteiger partial charge in [0, 0.05) is 18.8 Å². The van der Waals surface area contributed by atoms with Crippen molar-refractivity contribution in [1.29, 1.82) is 0 Å². The van der Waals surface area contributed by atoms with Gasteiger partial charge in [-0.25, -0.2) is 0 Å². The molecule has 2 heterocycles. The van der Waals surface area contributed by atoms with Crippen LogP contribution >= 0.6 is 39.9 Å². The van der Waals surface area contributed by atoms with E-state index in [1.165, 1.54) is 0 Å². The topological polar surface area (TPSA) is 66.2 Å². The lowest BCUT2D eigenvalue weighted by molar-refractivity contribution is 0.0208. The molecule has 1 saturated heterocycles. The zero-order chi connectivity index (χ0) is 14.7. The summed E-state index contributed by atoms with van der Waals surface area (Å²) in [6.07, 6.45) is 0.838. The minimum Gasteiger partial charge on any atom is -0.375 e. The van der Waals surface area contributed by atoms with Gasteiger partial charge in [-0.05, 0) is 42.7 Å². The van der Waals surface area contributed by atoms with E-state index in [9.17, 15) is 4.79 Å². The molecule has 21 heavy (non-hydrogen) atoms. The number of carbonyl (C=O) groups excluding carboxylic acids is 1. The molecule has 0 spiro atoms. The summed E-state index contributed by atoms with van der Waals surface area (Å²) >= 11 is 9.49. The van der Waals surface area contributed by atoms with Gasteiger partial charge in [0.1, 0.15) is 5.69 Å². The molecule has 1 fully saturated rings. The van der Waals surface area contributed by atoms with Crippen LogP contribution in [0.25, 0.3) is 0 Å². The summed E-state index contributed by atoms with van der Waals surface area (Å²) in [6, 6.07) is 0.00199. The smallest absolute Gasteiger partial charge is 0.269 e. The van der Waals surface area contributed by atoms with Crippen LogP contribution in [0.2, 0.25) is 5.02 Å². The van der Waals surface area contributed by atoms with Gasteiger partial charge in [0.15, 0.2) is 0 Å². The molecular formula is C13H20BrCl2N3O2. The fourth-order valence-corrected chi connectivity index (χ4v) is 2.93. The van der Waals surface area contributed by atoms with Gasteiger partial charge < -0.3 is 20.4 Å². The number of aromatic amines is 1. The van der Waals surface area contributed by atoms with Crippen molar-refractivity contribution in [3.63, 3.8) is 0 Å². The lowest BCUT2D eigenvalue weighted by Gasteiger charge is -2.32. The van der Waals surface area contributed by atoms with E-state index >= 15 is 0 Å². The molecule has 1 aliphatic heterocycles. The Kier molecular flexibility index (Phi) is 7.50. The third kappa shape index (κ3) is 4.36. The molecule has 3 N–H and O–H groups in total. The Morgan fingerprint density at radius 2 is 2.29 bits per heavy atom. The van der Waals surface area contributed by atoms with Crippen LogP contribution in [-0.2, 0) is 4.74 Å². The standard InChI is InChI=1S/C13H19BrClN3O2.ClH/c1-3-20-9-6-16-5-4-8(9)18-13(19)12-11(15)10(14)7(2)17-12;/h8-9,16-17H,3-6H2,1-2H3,(H,18,19);1H/t8-,9+;/m1./s1. The minimum atomic E-state index is -0.194. The van der Waals surface area contributed by atoms with E-state index in [1.807, 2.05) is 13.8 Å². The van der Waals surface area contributed by atoms with Crippen molar-refractivity contribution in [2.75, 3.05) is 19.7 Å². The highest BCUT2D eigenvalue weighted by Gasteiger charge is 2.28. The number of H-pyrrole nitrogens is 1. The molecular weight excluding hydrogens is 381 g/mol. The molecule has 120 valence electrons. The van der Waals surface area contributed by atoms with E-state index in [4.69, 9.17) is 16.3 Å². The highest BCUT2D eigenvalue weighted by atomic mass is 79.9. The van der Waals surface area contributed by atoms with Crippen molar-refractivity contribution in [2.24, 2.45) is 0 Å². The first-order valence-electron chi connectivity index (χ1n) is 6.71. The van der Waals surface area contributed by atoms with Gasteiger partial charge in [-0.3, -0.25) is 4.79 Å². The molecule has 1 aliphatic rings. The van der Waals surface area contributed by atoms with Gasteiger partial charge >= 0.3 is 0 Å². The van der Waals surface area contributed by atoms with Crippen LogP contribution in [0, 0.1) is 6.92 Å². The summed E-state index contributed by atoms with van der Waals surface area (Å²) in [7, 11) is 0. The monoisotopic (exact) mass is 399 g/mol. The zero-order valence-corrected chi connectivity index (χ0v) is 15.1. The van der Waals surface area contributed by atoms with Crippen LogP contribution in [-0.4, -0.2) is 42.7 Å². The van der Waals surface area contributed by atoms with Gasteiger partial charge in [0.2, 0.25) is 0 Å². The Morgan fingerprint density at radius 1 is 1.57 bits per heavy atom. The predicted octanol–water partition coefficient (Wildman–Crippen LogP) is 2.66. The summed E-state index contributed by atoms with van der Waals surface area (Å²) in [5.74, 6) is -0.194. The molecule has 1 aromatic heterocycles. The van der Waals surface area contributed by atoms with Gasteiger partial charge in [-0.1, -0.05) is 11.6 Å². The number of rotatable bonds is 4. The largest absolute Gasteiger partial charge is 0.375 e. The van der Waals surface area contributed by atoms with Gasteiger partial charge in [0.05, 0.1) is 21.6 Å². The van der Waals surface area contributed by atoms with Crippen LogP contribution in [0.4, 0.5) is 0 Å². The maximum Gasteiger partial charge on any atom is 0.269 e. The van der Waals surface area contributed by atoms with Gasteiger partial charge in [0.25, 0.3) is 5.91 Å². The van der Waals surface area contributed by atoms with E-state index in [0.717, 1.165) is 29.7 Å². The number of halogens is 3. The van der Waals surface area contributed by atoms with Crippen LogP contribution in [0.1, 0.15) is 29.5 Å². The van der Waals surface area contributed by atoms with E-state index in [2.05, 4.69) is 31.5 Å². The first-order chi connectivity index (χ1) is 9.54. The molecule has 1 aromatic rings. The minimum absolute atomic E-state index is 0. The summed E-state index contributed by atoms with van der Waals surface area (Å²) < 4.78 is 6.39. The summed E-state index contributed by atoms with van der Waals surface area (Å²) in [4.78, 5) is 15.3. The van der Waals surface area contributed by atoms with E-state index in [1.54, 1.807) is 0 Å². The molecule has 2 rings (SSSR count). The third-order valence-corrected chi connectivity index (χ3v) is 5.00. The average Bonchev–Trinajstić information content (AvgIpc) is 2.69. The summed E-state index contributed by atoms with van der Waals surface area (Å²) in [5.41, 5.74) is 1.23. The molecule has 0 aromatic carbocycles. The second-order valence-electron chi connectivity index (χ2n) is 4.82. The van der Waals surface area contributed by atoms with Crippen molar-refractivity contribution in [2.45, 2.75) is 32.4 Å². The summed E-state index contributed by atoms with van der Waals surface area (Å²) in [5, 5.41) is 6.70. The Morgan fingerprint density at radius 3 is 2.86 bits per heavy atom. The molecule has 1 amide bonds. The maximum absolute atomic E-state index is 12.3. The lowest BCUT2D eigenvalue weighted by atomic mass is 10.0. The van der Waals surface area contributed by atoms with E-state index in [-0.39, 0.29) is 30.5 Å². The number of ether oxygens (including phenoxy) is 1. The normalized spacial score (nSPS) is 21.7. The molecule has 0 unspecified atom stereocenters. The molecule has 0 bridgehead atoms. The first kappa shape index (κ1) is 18.8. The fourth-order valence-electron chi connectivity index (χ4n) is 2.35. The Bertz CT molecular complexity index is 494. The second kappa shape index (κ2) is 8.39. The highest BCUT2D eigenvalue weighted by Crippen LogP contribution is 2.29. The highest BCUT2D eigenvalue weighted by molar-refractivity contribution is 9.10. The maximum atomic E-state index is 12.3. The van der Waals surface area contributed by atoms with Crippen molar-refractivity contribution < 1.29 is 9.53 Å². The number of carbonyl (C=O) groups is 1.